The third-order valence-corrected chi connectivity index (χ3v) is 3.60. The lowest BCUT2D eigenvalue weighted by Crippen LogP contribution is -2.41. The van der Waals surface area contributed by atoms with Crippen LogP contribution in [-0.4, -0.2) is 36.3 Å². The Labute approximate surface area is 117 Å². The maximum absolute atomic E-state index is 12.1. The zero-order chi connectivity index (χ0) is 13.8. The Morgan fingerprint density at radius 1 is 1.26 bits per heavy atom. The molecule has 0 saturated carbocycles. The monoisotopic (exact) mass is 280 g/mol. The number of para-hydroxylation sites is 1. The highest BCUT2D eigenvalue weighted by Gasteiger charge is 2.23. The van der Waals surface area contributed by atoms with Crippen LogP contribution in [0.4, 0.5) is 5.69 Å². The van der Waals surface area contributed by atoms with Gasteiger partial charge in [0.1, 0.15) is 6.54 Å². The third kappa shape index (κ3) is 3.26. The number of hydrogen-bond acceptors (Lipinski definition) is 2. The largest absolute Gasteiger partial charge is 0.341 e. The Morgan fingerprint density at radius 2 is 1.89 bits per heavy atom. The molecule has 0 unspecified atom stereocenters. The van der Waals surface area contributed by atoms with Gasteiger partial charge >= 0.3 is 0 Å². The van der Waals surface area contributed by atoms with Gasteiger partial charge in [-0.25, -0.2) is 0 Å². The van der Waals surface area contributed by atoms with E-state index in [1.165, 1.54) is 11.8 Å². The predicted molar refractivity (Wildman–Crippen MR) is 75.3 cm³/mol. The van der Waals surface area contributed by atoms with Crippen LogP contribution < -0.4 is 4.90 Å². The molecule has 0 atom stereocenters. The molecule has 0 aliphatic carbocycles. The lowest BCUT2D eigenvalue weighted by atomic mass is 10.2. The molecule has 2 rings (SSSR count). The van der Waals surface area contributed by atoms with Gasteiger partial charge in [0, 0.05) is 20.0 Å². The third-order valence-electron chi connectivity index (χ3n) is 3.28. The van der Waals surface area contributed by atoms with Crippen molar-refractivity contribution in [3.05, 3.63) is 29.3 Å². The minimum Gasteiger partial charge on any atom is -0.341 e. The summed E-state index contributed by atoms with van der Waals surface area (Å²) in [6, 6.07) is 7.07. The number of amides is 2. The number of nitrogens with zero attached hydrogens (tertiary/aromatic N) is 2. The van der Waals surface area contributed by atoms with Crippen molar-refractivity contribution in [2.75, 3.05) is 24.5 Å². The van der Waals surface area contributed by atoms with Crippen LogP contribution in [0, 0.1) is 0 Å². The van der Waals surface area contributed by atoms with E-state index in [2.05, 4.69) is 0 Å². The van der Waals surface area contributed by atoms with Crippen LogP contribution in [0.25, 0.3) is 0 Å². The molecule has 0 spiro atoms. The Bertz CT molecular complexity index is 484. The molecule has 1 aromatic rings. The van der Waals surface area contributed by atoms with Gasteiger partial charge in [-0.3, -0.25) is 9.59 Å². The van der Waals surface area contributed by atoms with Gasteiger partial charge in [-0.05, 0) is 25.0 Å². The lowest BCUT2D eigenvalue weighted by molar-refractivity contribution is -0.130. The van der Waals surface area contributed by atoms with Crippen LogP contribution in [0.2, 0.25) is 5.02 Å². The summed E-state index contributed by atoms with van der Waals surface area (Å²) < 4.78 is 0. The summed E-state index contributed by atoms with van der Waals surface area (Å²) in [5.41, 5.74) is 0.587. The van der Waals surface area contributed by atoms with Gasteiger partial charge in [-0.2, -0.15) is 0 Å². The Kier molecular flexibility index (Phi) is 4.43. The average molecular weight is 281 g/mol. The van der Waals surface area contributed by atoms with E-state index < -0.39 is 0 Å². The first-order chi connectivity index (χ1) is 9.09. The van der Waals surface area contributed by atoms with Crippen molar-refractivity contribution in [1.82, 2.24) is 4.90 Å². The minimum absolute atomic E-state index is 0.0207. The van der Waals surface area contributed by atoms with Crippen LogP contribution in [0.15, 0.2) is 24.3 Å². The van der Waals surface area contributed by atoms with E-state index in [1.54, 1.807) is 29.2 Å². The summed E-state index contributed by atoms with van der Waals surface area (Å²) in [4.78, 5) is 27.1. The van der Waals surface area contributed by atoms with Gasteiger partial charge in [-0.15, -0.1) is 0 Å². The smallest absolute Gasteiger partial charge is 0.242 e. The lowest BCUT2D eigenvalue weighted by Gasteiger charge is -2.24. The fourth-order valence-corrected chi connectivity index (χ4v) is 2.48. The maximum Gasteiger partial charge on any atom is 0.242 e. The summed E-state index contributed by atoms with van der Waals surface area (Å²) in [6.07, 6.45) is 2.08. The molecule has 2 amide bonds. The van der Waals surface area contributed by atoms with Crippen LogP contribution >= 0.6 is 11.6 Å². The minimum atomic E-state index is -0.180. The van der Waals surface area contributed by atoms with Gasteiger partial charge in [0.25, 0.3) is 0 Å². The normalized spacial score (nSPS) is 14.5. The fourth-order valence-electron chi connectivity index (χ4n) is 2.24. The van der Waals surface area contributed by atoms with Crippen molar-refractivity contribution in [2.24, 2.45) is 0 Å². The summed E-state index contributed by atoms with van der Waals surface area (Å²) in [6.45, 7) is 3.07. The second-order valence-electron chi connectivity index (χ2n) is 4.64. The van der Waals surface area contributed by atoms with Crippen LogP contribution in [0.1, 0.15) is 19.8 Å². The van der Waals surface area contributed by atoms with E-state index in [4.69, 9.17) is 11.6 Å². The van der Waals surface area contributed by atoms with Gasteiger partial charge in [-0.1, -0.05) is 23.7 Å². The quantitative estimate of drug-likeness (QED) is 0.852. The van der Waals surface area contributed by atoms with E-state index in [0.717, 1.165) is 25.9 Å². The molecular formula is C14H17ClN2O2. The van der Waals surface area contributed by atoms with E-state index in [9.17, 15) is 9.59 Å². The van der Waals surface area contributed by atoms with Gasteiger partial charge in [0.2, 0.25) is 11.8 Å². The molecule has 1 aliphatic rings. The molecule has 4 nitrogen and oxygen atoms in total. The number of hydrogen-bond donors (Lipinski definition) is 0. The Balaban J connectivity index is 2.15. The first-order valence-electron chi connectivity index (χ1n) is 6.40. The number of likely N-dealkylation sites (tertiary alicyclic amines) is 1. The molecule has 1 heterocycles. The van der Waals surface area contributed by atoms with Crippen molar-refractivity contribution < 1.29 is 9.59 Å². The van der Waals surface area contributed by atoms with Crippen molar-refractivity contribution in [1.29, 1.82) is 0 Å². The zero-order valence-corrected chi connectivity index (χ0v) is 11.7. The van der Waals surface area contributed by atoms with E-state index in [-0.39, 0.29) is 18.4 Å². The first kappa shape index (κ1) is 13.9. The molecule has 1 fully saturated rings. The predicted octanol–water partition coefficient (Wildman–Crippen LogP) is 2.32. The molecule has 0 bridgehead atoms. The molecule has 1 aliphatic heterocycles. The summed E-state index contributed by atoms with van der Waals surface area (Å²) in [5, 5.41) is 0.479. The SMILES string of the molecule is CC(=O)N(CC(=O)N1CCCC1)c1ccccc1Cl. The molecule has 19 heavy (non-hydrogen) atoms. The highest BCUT2D eigenvalue weighted by Crippen LogP contribution is 2.25. The molecule has 0 radical (unpaired) electrons. The van der Waals surface area contributed by atoms with Crippen molar-refractivity contribution in [2.45, 2.75) is 19.8 Å². The van der Waals surface area contributed by atoms with Crippen LogP contribution in [0.3, 0.4) is 0 Å². The molecule has 5 heteroatoms. The molecule has 1 saturated heterocycles. The molecular weight excluding hydrogens is 264 g/mol. The fraction of sp³-hybridized carbons (Fsp3) is 0.429. The number of carbonyl (C=O) groups is 2. The van der Waals surface area contributed by atoms with E-state index >= 15 is 0 Å². The van der Waals surface area contributed by atoms with E-state index in [1.807, 2.05) is 0 Å². The number of halogens is 1. The zero-order valence-electron chi connectivity index (χ0n) is 10.9. The Morgan fingerprint density at radius 3 is 2.47 bits per heavy atom. The molecule has 1 aromatic carbocycles. The van der Waals surface area contributed by atoms with E-state index in [0.29, 0.717) is 10.7 Å². The van der Waals surface area contributed by atoms with Gasteiger partial charge < -0.3 is 9.80 Å². The Hall–Kier alpha value is -1.55. The van der Waals surface area contributed by atoms with Crippen LogP contribution in [-0.2, 0) is 9.59 Å². The summed E-state index contributed by atoms with van der Waals surface area (Å²) >= 11 is 6.09. The van der Waals surface area contributed by atoms with Gasteiger partial charge in [0.15, 0.2) is 0 Å². The number of anilines is 1. The second kappa shape index (κ2) is 6.06. The highest BCUT2D eigenvalue weighted by atomic mass is 35.5. The average Bonchev–Trinajstić information content (AvgIpc) is 2.90. The standard InChI is InChI=1S/C14H17ClN2O2/c1-11(18)17(13-7-3-2-6-12(13)15)10-14(19)16-8-4-5-9-16/h2-3,6-7H,4-5,8-10H2,1H3. The van der Waals surface area contributed by atoms with Crippen molar-refractivity contribution >= 4 is 29.1 Å². The first-order valence-corrected chi connectivity index (χ1v) is 6.78. The molecule has 0 N–H and O–H groups in total. The number of rotatable bonds is 3. The molecule has 0 aromatic heterocycles. The number of benzene rings is 1. The second-order valence-corrected chi connectivity index (χ2v) is 5.05. The van der Waals surface area contributed by atoms with Crippen molar-refractivity contribution in [3.8, 4) is 0 Å². The summed E-state index contributed by atoms with van der Waals surface area (Å²) in [7, 11) is 0. The number of carbonyl (C=O) groups excluding carboxylic acids is 2. The maximum atomic E-state index is 12.1. The molecule has 102 valence electrons. The topological polar surface area (TPSA) is 40.6 Å². The summed E-state index contributed by atoms with van der Waals surface area (Å²) in [5.74, 6) is -0.201. The van der Waals surface area contributed by atoms with Crippen molar-refractivity contribution in [3.63, 3.8) is 0 Å². The van der Waals surface area contributed by atoms with Gasteiger partial charge in [0.05, 0.1) is 10.7 Å². The van der Waals surface area contributed by atoms with Crippen LogP contribution in [0.5, 0.6) is 0 Å². The highest BCUT2D eigenvalue weighted by molar-refractivity contribution is 6.33.